The Hall–Kier alpha value is -2.25. The van der Waals surface area contributed by atoms with E-state index in [0.29, 0.717) is 5.25 Å². The van der Waals surface area contributed by atoms with Gasteiger partial charge in [-0.3, -0.25) is 0 Å². The molecule has 1 aliphatic rings. The highest BCUT2D eigenvalue weighted by Gasteiger charge is 2.20. The van der Waals surface area contributed by atoms with Crippen LogP contribution in [0.5, 0.6) is 0 Å². The van der Waals surface area contributed by atoms with Gasteiger partial charge in [-0.1, -0.05) is 79.7 Å². The van der Waals surface area contributed by atoms with Crippen LogP contribution in [0.2, 0.25) is 0 Å². The average Bonchev–Trinajstić information content (AvgIpc) is 2.64. The lowest BCUT2D eigenvalue weighted by Crippen LogP contribution is -2.05. The fraction of sp³-hybridized carbons (Fsp3) is 0.130. The Morgan fingerprint density at radius 1 is 0.917 bits per heavy atom. The summed E-state index contributed by atoms with van der Waals surface area (Å²) in [7, 11) is 0. The third-order valence-corrected chi connectivity index (χ3v) is 5.54. The first kappa shape index (κ1) is 15.3. The number of thioether (sulfide) groups is 1. The first-order valence-electron chi connectivity index (χ1n) is 8.49. The van der Waals surface area contributed by atoms with Gasteiger partial charge in [0, 0.05) is 10.1 Å². The molecule has 1 aliphatic heterocycles. The van der Waals surface area contributed by atoms with Crippen molar-refractivity contribution in [3.8, 4) is 0 Å². The molecule has 0 radical (unpaired) electrons. The van der Waals surface area contributed by atoms with Crippen molar-refractivity contribution in [3.05, 3.63) is 96.1 Å². The van der Waals surface area contributed by atoms with Crippen LogP contribution in [0.25, 0.3) is 16.3 Å². The minimum atomic E-state index is 0.397. The second kappa shape index (κ2) is 6.70. The summed E-state index contributed by atoms with van der Waals surface area (Å²) in [4.78, 5) is 1.38. The lowest BCUT2D eigenvalue weighted by molar-refractivity contribution is 1.20. The summed E-state index contributed by atoms with van der Waals surface area (Å²) in [6.07, 6.45) is 8.08. The van der Waals surface area contributed by atoms with Gasteiger partial charge >= 0.3 is 0 Å². The summed E-state index contributed by atoms with van der Waals surface area (Å²) >= 11 is 1.95. The van der Waals surface area contributed by atoms with Gasteiger partial charge in [0.05, 0.1) is 0 Å². The van der Waals surface area contributed by atoms with E-state index in [0.717, 1.165) is 6.42 Å². The maximum atomic E-state index is 2.41. The fourth-order valence-electron chi connectivity index (χ4n) is 3.20. The van der Waals surface area contributed by atoms with Crippen LogP contribution in [0.1, 0.15) is 24.5 Å². The second-order valence-corrected chi connectivity index (χ2v) is 7.28. The predicted octanol–water partition coefficient (Wildman–Crippen LogP) is 6.71. The molecule has 0 spiro atoms. The van der Waals surface area contributed by atoms with Crippen molar-refractivity contribution in [3.63, 3.8) is 0 Å². The number of benzene rings is 3. The molecular formula is C23H20S. The van der Waals surface area contributed by atoms with E-state index in [1.54, 1.807) is 0 Å². The van der Waals surface area contributed by atoms with Crippen LogP contribution >= 0.6 is 11.8 Å². The van der Waals surface area contributed by atoms with Crippen molar-refractivity contribution in [1.82, 2.24) is 0 Å². The van der Waals surface area contributed by atoms with Gasteiger partial charge in [0.2, 0.25) is 0 Å². The Morgan fingerprint density at radius 2 is 1.62 bits per heavy atom. The van der Waals surface area contributed by atoms with E-state index in [1.807, 2.05) is 11.8 Å². The molecule has 0 N–H and O–H groups in total. The van der Waals surface area contributed by atoms with Gasteiger partial charge in [-0.2, -0.15) is 0 Å². The maximum absolute atomic E-state index is 2.41. The van der Waals surface area contributed by atoms with E-state index in [4.69, 9.17) is 0 Å². The van der Waals surface area contributed by atoms with Crippen LogP contribution in [-0.2, 0) is 0 Å². The molecule has 0 saturated carbocycles. The Morgan fingerprint density at radius 3 is 2.38 bits per heavy atom. The van der Waals surface area contributed by atoms with Gasteiger partial charge in [0.1, 0.15) is 0 Å². The topological polar surface area (TPSA) is 0 Å². The minimum Gasteiger partial charge on any atom is -0.114 e. The van der Waals surface area contributed by atoms with E-state index in [-0.39, 0.29) is 0 Å². The number of fused-ring (bicyclic) bond motifs is 2. The number of rotatable bonds is 3. The third-order valence-electron chi connectivity index (χ3n) is 4.38. The molecule has 3 aromatic carbocycles. The first-order chi connectivity index (χ1) is 11.8. The van der Waals surface area contributed by atoms with Gasteiger partial charge < -0.3 is 0 Å². The normalized spacial score (nSPS) is 17.0. The minimum absolute atomic E-state index is 0.397. The van der Waals surface area contributed by atoms with Gasteiger partial charge in [-0.25, -0.2) is 0 Å². The molecule has 1 atom stereocenters. The van der Waals surface area contributed by atoms with E-state index in [1.165, 1.54) is 32.4 Å². The van der Waals surface area contributed by atoms with Crippen LogP contribution in [0.15, 0.2) is 89.9 Å². The zero-order valence-corrected chi connectivity index (χ0v) is 14.6. The molecule has 118 valence electrons. The number of allylic oxidation sites excluding steroid dienone is 1. The standard InChI is InChI=1S/C23H20S/c1-2-3-13-20-16-21(17-9-5-4-6-10-17)22-14-18-11-7-8-12-19(18)15-23(22)24-20/h3-16,20H,2H2,1H3. The second-order valence-electron chi connectivity index (χ2n) is 6.06. The molecule has 4 rings (SSSR count). The van der Waals surface area contributed by atoms with E-state index >= 15 is 0 Å². The fourth-order valence-corrected chi connectivity index (χ4v) is 4.37. The van der Waals surface area contributed by atoms with Crippen LogP contribution in [0, 0.1) is 0 Å². The van der Waals surface area contributed by atoms with Gasteiger partial charge in [0.15, 0.2) is 0 Å². The predicted molar refractivity (Wildman–Crippen MR) is 107 cm³/mol. The van der Waals surface area contributed by atoms with E-state index < -0.39 is 0 Å². The zero-order chi connectivity index (χ0) is 16.4. The van der Waals surface area contributed by atoms with Crippen molar-refractivity contribution >= 4 is 28.1 Å². The molecule has 0 bridgehead atoms. The Kier molecular flexibility index (Phi) is 4.27. The molecule has 24 heavy (non-hydrogen) atoms. The summed E-state index contributed by atoms with van der Waals surface area (Å²) in [5.41, 5.74) is 4.00. The maximum Gasteiger partial charge on any atom is 0.0464 e. The van der Waals surface area contributed by atoms with Crippen LogP contribution in [-0.4, -0.2) is 5.25 Å². The molecule has 3 aromatic rings. The highest BCUT2D eigenvalue weighted by molar-refractivity contribution is 8.00. The summed E-state index contributed by atoms with van der Waals surface area (Å²) in [6, 6.07) is 24.1. The van der Waals surface area contributed by atoms with Gasteiger partial charge in [0.25, 0.3) is 0 Å². The van der Waals surface area contributed by atoms with Crippen LogP contribution in [0.3, 0.4) is 0 Å². The highest BCUT2D eigenvalue weighted by atomic mass is 32.2. The zero-order valence-electron chi connectivity index (χ0n) is 13.8. The van der Waals surface area contributed by atoms with Gasteiger partial charge in [-0.15, -0.1) is 11.8 Å². The third kappa shape index (κ3) is 2.92. The molecule has 0 fully saturated rings. The molecule has 0 saturated heterocycles. The highest BCUT2D eigenvalue weighted by Crippen LogP contribution is 2.42. The summed E-state index contributed by atoms with van der Waals surface area (Å²) in [5, 5.41) is 3.02. The number of hydrogen-bond donors (Lipinski definition) is 0. The molecular weight excluding hydrogens is 308 g/mol. The van der Waals surface area contributed by atoms with Crippen molar-refractivity contribution in [2.24, 2.45) is 0 Å². The largest absolute Gasteiger partial charge is 0.114 e. The molecule has 1 heteroatoms. The quantitative estimate of drug-likeness (QED) is 0.481. The van der Waals surface area contributed by atoms with Crippen molar-refractivity contribution in [2.75, 3.05) is 0 Å². The van der Waals surface area contributed by atoms with Crippen molar-refractivity contribution in [1.29, 1.82) is 0 Å². The molecule has 1 unspecified atom stereocenters. The Labute approximate surface area is 147 Å². The van der Waals surface area contributed by atoms with Gasteiger partial charge in [-0.05, 0) is 46.0 Å². The van der Waals surface area contributed by atoms with E-state index in [2.05, 4.69) is 91.9 Å². The van der Waals surface area contributed by atoms with Crippen LogP contribution < -0.4 is 0 Å². The first-order valence-corrected chi connectivity index (χ1v) is 9.37. The average molecular weight is 328 g/mol. The smallest absolute Gasteiger partial charge is 0.0464 e. The summed E-state index contributed by atoms with van der Waals surface area (Å²) in [6.45, 7) is 2.19. The number of hydrogen-bond acceptors (Lipinski definition) is 1. The monoisotopic (exact) mass is 328 g/mol. The Bertz CT molecular complexity index is 919. The lowest BCUT2D eigenvalue weighted by Gasteiger charge is -2.23. The van der Waals surface area contributed by atoms with Crippen LogP contribution in [0.4, 0.5) is 0 Å². The summed E-state index contributed by atoms with van der Waals surface area (Å²) in [5.74, 6) is 0. The lowest BCUT2D eigenvalue weighted by atomic mass is 9.94. The molecule has 1 heterocycles. The SMILES string of the molecule is CCC=CC1C=C(c2ccccc2)c2cc3ccccc3cc2S1. The molecule has 0 aliphatic carbocycles. The van der Waals surface area contributed by atoms with Crippen molar-refractivity contribution in [2.45, 2.75) is 23.5 Å². The Balaban J connectivity index is 1.90. The molecule has 0 nitrogen and oxygen atoms in total. The van der Waals surface area contributed by atoms with E-state index in [9.17, 15) is 0 Å². The molecule has 0 aromatic heterocycles. The van der Waals surface area contributed by atoms with Crippen molar-refractivity contribution < 1.29 is 0 Å². The summed E-state index contributed by atoms with van der Waals surface area (Å²) < 4.78 is 0. The molecule has 0 amide bonds.